The number of fused-ring (bicyclic) bond motifs is 2. The molecule has 0 unspecified atom stereocenters. The van der Waals surface area contributed by atoms with Gasteiger partial charge >= 0.3 is 0 Å². The molecule has 0 saturated carbocycles. The Bertz CT molecular complexity index is 1100. The number of ether oxygens (including phenoxy) is 4. The van der Waals surface area contributed by atoms with Gasteiger partial charge in [0.2, 0.25) is 0 Å². The van der Waals surface area contributed by atoms with E-state index in [2.05, 4.69) is 72.5 Å². The zero-order valence-corrected chi connectivity index (χ0v) is 18.8. The van der Waals surface area contributed by atoms with Gasteiger partial charge in [-0.1, -0.05) is 67.6 Å². The Kier molecular flexibility index (Phi) is 7.10. The van der Waals surface area contributed by atoms with Gasteiger partial charge in [0.05, 0.1) is 11.4 Å². The maximum atomic E-state index is 6.05. The van der Waals surface area contributed by atoms with Crippen LogP contribution < -0.4 is 14.4 Å². The number of rotatable bonds is 10. The van der Waals surface area contributed by atoms with Gasteiger partial charge < -0.3 is 23.8 Å². The summed E-state index contributed by atoms with van der Waals surface area (Å²) < 4.78 is 22.5. The van der Waals surface area contributed by atoms with Gasteiger partial charge in [0, 0.05) is 31.5 Å². The second kappa shape index (κ2) is 10.4. The van der Waals surface area contributed by atoms with Crippen LogP contribution in [0, 0.1) is 0 Å². The highest BCUT2D eigenvalue weighted by Crippen LogP contribution is 2.46. The van der Waals surface area contributed by atoms with E-state index in [0.717, 1.165) is 57.4 Å². The SMILES string of the molecule is CCCN(c1c(OCOC)ccc2ccccc12)c1c(OCOC)ccc2ccccc12. The highest BCUT2D eigenvalue weighted by Gasteiger charge is 2.23. The highest BCUT2D eigenvalue weighted by atomic mass is 16.7. The Hall–Kier alpha value is -3.28. The Labute approximate surface area is 189 Å². The Morgan fingerprint density at radius 1 is 0.625 bits per heavy atom. The van der Waals surface area contributed by atoms with Crippen molar-refractivity contribution in [1.82, 2.24) is 0 Å². The first-order valence-corrected chi connectivity index (χ1v) is 10.8. The first kappa shape index (κ1) is 21.9. The van der Waals surface area contributed by atoms with Crippen molar-refractivity contribution < 1.29 is 18.9 Å². The lowest BCUT2D eigenvalue weighted by Gasteiger charge is -2.30. The summed E-state index contributed by atoms with van der Waals surface area (Å²) in [5.41, 5.74) is 2.00. The average molecular weight is 432 g/mol. The molecule has 4 rings (SSSR count). The van der Waals surface area contributed by atoms with Gasteiger partial charge in [-0.05, 0) is 29.3 Å². The lowest BCUT2D eigenvalue weighted by atomic mass is 10.0. The highest BCUT2D eigenvalue weighted by molar-refractivity contribution is 6.05. The van der Waals surface area contributed by atoms with Gasteiger partial charge in [-0.3, -0.25) is 0 Å². The molecule has 166 valence electrons. The molecule has 0 aliphatic rings. The Morgan fingerprint density at radius 3 is 1.53 bits per heavy atom. The first-order valence-electron chi connectivity index (χ1n) is 10.8. The maximum absolute atomic E-state index is 6.05. The van der Waals surface area contributed by atoms with Crippen LogP contribution in [0.4, 0.5) is 11.4 Å². The zero-order valence-electron chi connectivity index (χ0n) is 18.8. The normalized spacial score (nSPS) is 11.1. The molecule has 5 nitrogen and oxygen atoms in total. The van der Waals surface area contributed by atoms with Crippen LogP contribution in [-0.4, -0.2) is 34.4 Å². The lowest BCUT2D eigenvalue weighted by molar-refractivity contribution is 0.0511. The van der Waals surface area contributed by atoms with E-state index in [-0.39, 0.29) is 13.6 Å². The summed E-state index contributed by atoms with van der Waals surface area (Å²) in [4.78, 5) is 2.31. The van der Waals surface area contributed by atoms with E-state index in [1.807, 2.05) is 12.1 Å². The third-order valence-electron chi connectivity index (χ3n) is 5.38. The minimum atomic E-state index is 0.174. The van der Waals surface area contributed by atoms with Crippen molar-refractivity contribution in [2.45, 2.75) is 13.3 Å². The molecule has 32 heavy (non-hydrogen) atoms. The van der Waals surface area contributed by atoms with E-state index in [1.165, 1.54) is 0 Å². The van der Waals surface area contributed by atoms with E-state index < -0.39 is 0 Å². The number of methoxy groups -OCH3 is 2. The molecule has 0 atom stereocenters. The van der Waals surface area contributed by atoms with Crippen LogP contribution in [0.3, 0.4) is 0 Å². The van der Waals surface area contributed by atoms with Crippen molar-refractivity contribution in [3.8, 4) is 11.5 Å². The molecule has 0 aliphatic heterocycles. The zero-order chi connectivity index (χ0) is 22.3. The van der Waals surface area contributed by atoms with E-state index >= 15 is 0 Å². The number of nitrogens with zero attached hydrogens (tertiary/aromatic N) is 1. The summed E-state index contributed by atoms with van der Waals surface area (Å²) in [6.07, 6.45) is 0.944. The standard InChI is InChI=1S/C27H29NO4/c1-4-17-28(26-22-11-7-5-9-20(22)13-15-24(26)31-18-29-2)27-23-12-8-6-10-21(23)14-16-25(27)32-19-30-3/h5-16H,4,17-19H2,1-3H3. The van der Waals surface area contributed by atoms with E-state index in [4.69, 9.17) is 18.9 Å². The Morgan fingerprint density at radius 2 is 1.09 bits per heavy atom. The van der Waals surface area contributed by atoms with Gasteiger partial charge in [0.15, 0.2) is 13.6 Å². The maximum Gasteiger partial charge on any atom is 0.188 e. The van der Waals surface area contributed by atoms with Crippen LogP contribution in [0.5, 0.6) is 11.5 Å². The largest absolute Gasteiger partial charge is 0.465 e. The molecule has 0 spiro atoms. The fourth-order valence-electron chi connectivity index (χ4n) is 4.06. The number of hydrogen-bond donors (Lipinski definition) is 0. The topological polar surface area (TPSA) is 40.2 Å². The van der Waals surface area contributed by atoms with Crippen molar-refractivity contribution in [2.24, 2.45) is 0 Å². The van der Waals surface area contributed by atoms with Crippen molar-refractivity contribution in [2.75, 3.05) is 39.3 Å². The van der Waals surface area contributed by atoms with Crippen LogP contribution in [0.15, 0.2) is 72.8 Å². The predicted octanol–water partition coefficient (Wildman–Crippen LogP) is 6.51. The summed E-state index contributed by atoms with van der Waals surface area (Å²) in [6.45, 7) is 3.31. The van der Waals surface area contributed by atoms with Gasteiger partial charge in [-0.2, -0.15) is 0 Å². The molecular weight excluding hydrogens is 402 g/mol. The van der Waals surface area contributed by atoms with Gasteiger partial charge in [0.25, 0.3) is 0 Å². The van der Waals surface area contributed by atoms with Crippen molar-refractivity contribution >= 4 is 32.9 Å². The smallest absolute Gasteiger partial charge is 0.188 e. The molecule has 0 heterocycles. The summed E-state index contributed by atoms with van der Waals surface area (Å²) in [5.74, 6) is 1.54. The Balaban J connectivity index is 2.01. The molecule has 0 bridgehead atoms. The van der Waals surface area contributed by atoms with Crippen LogP contribution >= 0.6 is 0 Å². The molecule has 4 aromatic rings. The van der Waals surface area contributed by atoms with E-state index in [0.29, 0.717) is 0 Å². The third-order valence-corrected chi connectivity index (χ3v) is 5.38. The van der Waals surface area contributed by atoms with Gasteiger partial charge in [-0.25, -0.2) is 0 Å². The summed E-state index contributed by atoms with van der Waals surface area (Å²) >= 11 is 0. The van der Waals surface area contributed by atoms with Crippen LogP contribution in [0.2, 0.25) is 0 Å². The molecule has 0 radical (unpaired) electrons. The molecule has 0 saturated heterocycles. The summed E-state index contributed by atoms with van der Waals surface area (Å²) in [6, 6.07) is 24.9. The molecular formula is C27H29NO4. The van der Waals surface area contributed by atoms with Gasteiger partial charge in [-0.15, -0.1) is 0 Å². The minimum Gasteiger partial charge on any atom is -0.465 e. The fraction of sp³-hybridized carbons (Fsp3) is 0.259. The minimum absolute atomic E-state index is 0.174. The first-order chi connectivity index (χ1) is 15.8. The molecule has 4 aromatic carbocycles. The summed E-state index contributed by atoms with van der Waals surface area (Å²) in [7, 11) is 3.26. The molecule has 0 amide bonds. The van der Waals surface area contributed by atoms with Crippen LogP contribution in [0.25, 0.3) is 21.5 Å². The second-order valence-electron chi connectivity index (χ2n) is 7.52. The monoisotopic (exact) mass is 431 g/mol. The number of hydrogen-bond acceptors (Lipinski definition) is 5. The number of benzene rings is 4. The molecule has 0 aromatic heterocycles. The summed E-state index contributed by atoms with van der Waals surface area (Å²) in [5, 5.41) is 4.52. The third kappa shape index (κ3) is 4.35. The molecule has 5 heteroatoms. The average Bonchev–Trinajstić information content (AvgIpc) is 2.84. The fourth-order valence-corrected chi connectivity index (χ4v) is 4.06. The van der Waals surface area contributed by atoms with Gasteiger partial charge in [0.1, 0.15) is 11.5 Å². The van der Waals surface area contributed by atoms with Crippen LogP contribution in [-0.2, 0) is 9.47 Å². The van der Waals surface area contributed by atoms with Crippen molar-refractivity contribution in [3.63, 3.8) is 0 Å². The van der Waals surface area contributed by atoms with E-state index in [1.54, 1.807) is 14.2 Å². The quantitative estimate of drug-likeness (QED) is 0.268. The molecule has 0 fully saturated rings. The van der Waals surface area contributed by atoms with E-state index in [9.17, 15) is 0 Å². The lowest BCUT2D eigenvalue weighted by Crippen LogP contribution is -2.21. The second-order valence-corrected chi connectivity index (χ2v) is 7.52. The molecule has 0 N–H and O–H groups in total. The van der Waals surface area contributed by atoms with Crippen molar-refractivity contribution in [1.29, 1.82) is 0 Å². The molecule has 0 aliphatic carbocycles. The van der Waals surface area contributed by atoms with Crippen LogP contribution in [0.1, 0.15) is 13.3 Å². The van der Waals surface area contributed by atoms with Crippen molar-refractivity contribution in [3.05, 3.63) is 72.8 Å². The number of anilines is 2. The predicted molar refractivity (Wildman–Crippen MR) is 130 cm³/mol.